The summed E-state index contributed by atoms with van der Waals surface area (Å²) in [5, 5.41) is 0.330. The van der Waals surface area contributed by atoms with Crippen molar-refractivity contribution in [2.75, 3.05) is 12.8 Å². The fourth-order valence-electron chi connectivity index (χ4n) is 2.62. The molecule has 0 unspecified atom stereocenters. The molecular weight excluding hydrogens is 296 g/mol. The number of nitrogens with two attached hydrogens (primary N) is 1. The van der Waals surface area contributed by atoms with E-state index < -0.39 is 5.97 Å². The quantitative estimate of drug-likeness (QED) is 0.441. The molecule has 23 heavy (non-hydrogen) atoms. The number of aromatic nitrogens is 3. The van der Waals surface area contributed by atoms with Gasteiger partial charge in [-0.2, -0.15) is 0 Å². The van der Waals surface area contributed by atoms with E-state index in [1.807, 2.05) is 13.0 Å². The van der Waals surface area contributed by atoms with Crippen LogP contribution in [0.1, 0.15) is 23.7 Å². The normalized spacial score (nSPS) is 11.0. The van der Waals surface area contributed by atoms with E-state index >= 15 is 0 Å². The van der Waals surface area contributed by atoms with E-state index in [4.69, 9.17) is 10.5 Å². The number of aryl methyl sites for hydroxylation is 1. The molecule has 118 valence electrons. The number of carbonyl (C=O) groups excluding carboxylic acids is 1. The van der Waals surface area contributed by atoms with Gasteiger partial charge >= 0.3 is 5.97 Å². The zero-order valence-corrected chi connectivity index (χ0v) is 12.9. The first-order valence-corrected chi connectivity index (χ1v) is 7.30. The smallest absolute Gasteiger partial charge is 0.344 e. The second-order valence-corrected chi connectivity index (χ2v) is 5.17. The van der Waals surface area contributed by atoms with Crippen LogP contribution in [0.5, 0.6) is 0 Å². The van der Waals surface area contributed by atoms with Gasteiger partial charge in [-0.1, -0.05) is 18.0 Å². The van der Waals surface area contributed by atoms with Gasteiger partial charge in [-0.3, -0.25) is 9.20 Å². The van der Waals surface area contributed by atoms with Gasteiger partial charge in [-0.15, -0.1) is 0 Å². The maximum absolute atomic E-state index is 12.7. The Kier molecular flexibility index (Phi) is 3.69. The van der Waals surface area contributed by atoms with Crippen LogP contribution in [0.15, 0.2) is 35.3 Å². The lowest BCUT2D eigenvalue weighted by Gasteiger charge is -2.10. The van der Waals surface area contributed by atoms with Crippen LogP contribution in [0.4, 0.5) is 5.82 Å². The Hall–Kier alpha value is -2.96. The van der Waals surface area contributed by atoms with Crippen molar-refractivity contribution in [1.82, 2.24) is 9.38 Å². The number of rotatable bonds is 3. The summed E-state index contributed by atoms with van der Waals surface area (Å²) in [5.74, 6) is -0.329. The maximum Gasteiger partial charge on any atom is 0.344 e. The number of ether oxygens (including phenoxy) is 1. The summed E-state index contributed by atoms with van der Waals surface area (Å²) in [6, 6.07) is 6.77. The molecule has 3 heterocycles. The third-order valence-corrected chi connectivity index (χ3v) is 3.71. The van der Waals surface area contributed by atoms with Gasteiger partial charge in [0.2, 0.25) is 11.5 Å². The Labute approximate surface area is 131 Å². The summed E-state index contributed by atoms with van der Waals surface area (Å²) in [7, 11) is 1.28. The Morgan fingerprint density at radius 2 is 2.22 bits per heavy atom. The molecule has 0 amide bonds. The van der Waals surface area contributed by atoms with E-state index in [-0.39, 0.29) is 16.9 Å². The highest BCUT2D eigenvalue weighted by atomic mass is 16.5. The van der Waals surface area contributed by atoms with Crippen molar-refractivity contribution in [3.8, 4) is 0 Å². The van der Waals surface area contributed by atoms with E-state index in [2.05, 4.69) is 4.98 Å². The molecule has 3 aromatic heterocycles. The molecule has 0 aliphatic heterocycles. The van der Waals surface area contributed by atoms with E-state index in [9.17, 15) is 9.59 Å². The second kappa shape index (κ2) is 5.68. The standard InChI is InChI=1S/C16H16N4O3/c1-3-7-20-13(17)10(16(22)23-2)9-11-14(20)18-12-6-4-5-8-19(12)15(11)21/h4-6,8-9,17H,3,7H2,1-2H3/p+1. The molecular formula is C16H17N4O3+. The number of nitrogen functional groups attached to an aromatic ring is 1. The Morgan fingerprint density at radius 3 is 2.91 bits per heavy atom. The molecule has 3 rings (SSSR count). The lowest BCUT2D eigenvalue weighted by atomic mass is 10.2. The van der Waals surface area contributed by atoms with Crippen molar-refractivity contribution >= 4 is 28.5 Å². The number of carbonyl (C=O) groups is 1. The molecule has 7 heteroatoms. The monoisotopic (exact) mass is 313 g/mol. The Bertz CT molecular complexity index is 978. The third kappa shape index (κ3) is 2.30. The highest BCUT2D eigenvalue weighted by Crippen LogP contribution is 2.15. The SMILES string of the molecule is CCC[n+]1c(N)c(C(=O)OC)cc2c(=O)n3ccccc3nc21. The van der Waals surface area contributed by atoms with Crippen LogP contribution in [-0.2, 0) is 11.3 Å². The molecule has 0 radical (unpaired) electrons. The molecule has 0 fully saturated rings. The number of anilines is 1. The van der Waals surface area contributed by atoms with Crippen LogP contribution in [-0.4, -0.2) is 22.5 Å². The predicted octanol–water partition coefficient (Wildman–Crippen LogP) is 0.914. The summed E-state index contributed by atoms with van der Waals surface area (Å²) in [6.45, 7) is 2.53. The van der Waals surface area contributed by atoms with Gasteiger partial charge in [-0.25, -0.2) is 9.36 Å². The molecule has 0 atom stereocenters. The van der Waals surface area contributed by atoms with Crippen LogP contribution in [0.3, 0.4) is 0 Å². The van der Waals surface area contributed by atoms with Crippen molar-refractivity contribution in [3.05, 3.63) is 46.4 Å². The minimum atomic E-state index is -0.577. The molecule has 0 spiro atoms. The molecule has 0 aromatic carbocycles. The first-order valence-electron chi connectivity index (χ1n) is 7.30. The molecule has 0 aliphatic carbocycles. The van der Waals surface area contributed by atoms with Crippen molar-refractivity contribution < 1.29 is 14.1 Å². The summed E-state index contributed by atoms with van der Waals surface area (Å²) < 4.78 is 7.90. The highest BCUT2D eigenvalue weighted by Gasteiger charge is 2.24. The van der Waals surface area contributed by atoms with Gasteiger partial charge in [-0.05, 0) is 24.6 Å². The zero-order chi connectivity index (χ0) is 16.6. The van der Waals surface area contributed by atoms with E-state index in [1.165, 1.54) is 17.6 Å². The molecule has 2 N–H and O–H groups in total. The van der Waals surface area contributed by atoms with E-state index in [0.29, 0.717) is 23.2 Å². The molecule has 0 aliphatic rings. The van der Waals surface area contributed by atoms with Crippen LogP contribution in [0.25, 0.3) is 16.7 Å². The topological polar surface area (TPSA) is 90.6 Å². The van der Waals surface area contributed by atoms with Gasteiger partial charge in [0.15, 0.2) is 0 Å². The van der Waals surface area contributed by atoms with Crippen molar-refractivity contribution in [2.45, 2.75) is 19.9 Å². The summed E-state index contributed by atoms with van der Waals surface area (Å²) in [6.07, 6.45) is 2.42. The first-order chi connectivity index (χ1) is 11.1. The minimum absolute atomic E-state index is 0.170. The summed E-state index contributed by atoms with van der Waals surface area (Å²) in [4.78, 5) is 29.2. The second-order valence-electron chi connectivity index (χ2n) is 5.17. The Balaban J connectivity index is 2.50. The largest absolute Gasteiger partial charge is 0.465 e. The first kappa shape index (κ1) is 15.0. The van der Waals surface area contributed by atoms with Crippen LogP contribution >= 0.6 is 0 Å². The minimum Gasteiger partial charge on any atom is -0.465 e. The number of pyridine rings is 2. The molecule has 0 saturated heterocycles. The van der Waals surface area contributed by atoms with Crippen LogP contribution in [0.2, 0.25) is 0 Å². The lowest BCUT2D eigenvalue weighted by Crippen LogP contribution is -2.41. The lowest BCUT2D eigenvalue weighted by molar-refractivity contribution is -0.658. The maximum atomic E-state index is 12.7. The van der Waals surface area contributed by atoms with E-state index in [0.717, 1.165) is 6.42 Å². The fraction of sp³-hybridized carbons (Fsp3) is 0.250. The Morgan fingerprint density at radius 1 is 1.43 bits per heavy atom. The predicted molar refractivity (Wildman–Crippen MR) is 85.2 cm³/mol. The van der Waals surface area contributed by atoms with Gasteiger partial charge in [0.1, 0.15) is 10.9 Å². The van der Waals surface area contributed by atoms with Gasteiger partial charge < -0.3 is 10.5 Å². The summed E-state index contributed by atoms with van der Waals surface area (Å²) in [5.41, 5.74) is 7.03. The van der Waals surface area contributed by atoms with E-state index in [1.54, 1.807) is 22.9 Å². The fourth-order valence-corrected chi connectivity index (χ4v) is 2.62. The van der Waals surface area contributed by atoms with Crippen molar-refractivity contribution in [1.29, 1.82) is 0 Å². The highest BCUT2D eigenvalue weighted by molar-refractivity contribution is 5.96. The number of esters is 1. The van der Waals surface area contributed by atoms with Crippen LogP contribution < -0.4 is 15.9 Å². The molecule has 7 nitrogen and oxygen atoms in total. The van der Waals surface area contributed by atoms with Crippen molar-refractivity contribution in [3.63, 3.8) is 0 Å². The molecule has 0 saturated carbocycles. The average Bonchev–Trinajstić information content (AvgIpc) is 2.57. The number of hydrogen-bond donors (Lipinski definition) is 1. The van der Waals surface area contributed by atoms with Gasteiger partial charge in [0, 0.05) is 6.20 Å². The number of nitrogens with zero attached hydrogens (tertiary/aromatic N) is 3. The number of hydrogen-bond acceptors (Lipinski definition) is 5. The zero-order valence-electron chi connectivity index (χ0n) is 12.9. The molecule has 0 bridgehead atoms. The van der Waals surface area contributed by atoms with Gasteiger partial charge in [0.25, 0.3) is 11.2 Å². The number of methoxy groups -OCH3 is 1. The third-order valence-electron chi connectivity index (χ3n) is 3.71. The molecule has 3 aromatic rings. The van der Waals surface area contributed by atoms with Gasteiger partial charge in [0.05, 0.1) is 13.7 Å². The van der Waals surface area contributed by atoms with Crippen LogP contribution in [0, 0.1) is 0 Å². The average molecular weight is 313 g/mol. The van der Waals surface area contributed by atoms with Crippen molar-refractivity contribution in [2.24, 2.45) is 0 Å². The number of fused-ring (bicyclic) bond motifs is 2. The summed E-state index contributed by atoms with van der Waals surface area (Å²) >= 11 is 0.